The second-order valence-electron chi connectivity index (χ2n) is 22.3. The van der Waals surface area contributed by atoms with Crippen LogP contribution < -0.4 is 5.32 Å². The van der Waals surface area contributed by atoms with E-state index >= 15 is 0 Å². The molecule has 2 unspecified atom stereocenters. The van der Waals surface area contributed by atoms with Crippen molar-refractivity contribution in [3.63, 3.8) is 0 Å². The summed E-state index contributed by atoms with van der Waals surface area (Å²) in [7, 11) is -2.95. The van der Waals surface area contributed by atoms with E-state index in [0.29, 0.717) is 75.0 Å². The average Bonchev–Trinajstić information content (AvgIpc) is 3.61. The molecule has 8 rings (SSSR count). The molecule has 1 saturated heterocycles. The molecular weight excluding hydrogens is 772 g/mol. The number of carbonyl (C=O) groups is 1. The summed E-state index contributed by atoms with van der Waals surface area (Å²) in [6.45, 7) is 21.3. The third-order valence-electron chi connectivity index (χ3n) is 19.1. The maximum Gasteiger partial charge on any atom is 0.315 e. The van der Waals surface area contributed by atoms with Crippen molar-refractivity contribution >= 4 is 15.8 Å². The minimum atomic E-state index is -2.95. The Morgan fingerprint density at radius 2 is 1.67 bits per heavy atom. The van der Waals surface area contributed by atoms with Crippen molar-refractivity contribution in [3.05, 3.63) is 71.3 Å². The van der Waals surface area contributed by atoms with E-state index in [9.17, 15) is 22.7 Å². The summed E-state index contributed by atoms with van der Waals surface area (Å²) in [5, 5.41) is 15.4. The lowest BCUT2D eigenvalue weighted by Gasteiger charge is -2.72. The van der Waals surface area contributed by atoms with E-state index in [1.807, 2.05) is 30.3 Å². The largest absolute Gasteiger partial charge is 0.460 e. The Labute approximate surface area is 361 Å². The van der Waals surface area contributed by atoms with Gasteiger partial charge in [0.25, 0.3) is 0 Å². The fourth-order valence-electron chi connectivity index (χ4n) is 15.6. The summed E-state index contributed by atoms with van der Waals surface area (Å²) in [6, 6.07) is 9.64. The molecule has 6 aliphatic carbocycles. The number of halogens is 1. The molecule has 0 bridgehead atoms. The zero-order valence-corrected chi connectivity index (χ0v) is 38.5. The van der Waals surface area contributed by atoms with Crippen LogP contribution in [0.3, 0.4) is 0 Å². The number of rotatable bonds is 11. The van der Waals surface area contributed by atoms with Crippen LogP contribution in [0.25, 0.3) is 0 Å². The number of aliphatic hydroxyl groups excluding tert-OH is 1. The lowest BCUT2D eigenvalue weighted by Crippen LogP contribution is -2.68. The Hall–Kier alpha value is -2.33. The van der Waals surface area contributed by atoms with Gasteiger partial charge in [-0.05, 0) is 152 Å². The van der Waals surface area contributed by atoms with Crippen molar-refractivity contribution in [2.45, 2.75) is 137 Å². The smallest absolute Gasteiger partial charge is 0.315 e. The number of allylic oxidation sites excluding steroid dienone is 5. The maximum atomic E-state index is 14.8. The number of aliphatic hydroxyl groups is 1. The SMILES string of the molecule is C=C(C)[C@@H]1CC[C@]2(NCC(O)CN3CCS(=O)(=O)CC3)CC[C@]3(C)[C@H](CC[C@@H]4[C@@]5(C)CC=C(C6=CCC(CF)(C(=O)OCc7ccccc7)CC6)C(C)(C)[C@@H]5CC[C@]43C)[C@@H]12. The highest BCUT2D eigenvalue weighted by Crippen LogP contribution is 2.76. The van der Waals surface area contributed by atoms with Gasteiger partial charge in [-0.15, -0.1) is 0 Å². The minimum absolute atomic E-state index is 0.0130. The van der Waals surface area contributed by atoms with Gasteiger partial charge in [0.1, 0.15) is 13.3 Å². The van der Waals surface area contributed by atoms with Gasteiger partial charge in [0.15, 0.2) is 9.84 Å². The molecule has 7 nitrogen and oxygen atoms in total. The van der Waals surface area contributed by atoms with Crippen LogP contribution >= 0.6 is 0 Å². The van der Waals surface area contributed by atoms with E-state index in [2.05, 4.69) is 70.5 Å². The number of carbonyl (C=O) groups excluding carboxylic acids is 1. The standard InChI is InChI=1S/C51H75FN2O5S/c1-35(2)39-17-24-51(53-31-38(55)32-54-27-29-60(57,58)30-28-54)26-25-48(6)41(44(39)51)13-14-43-47(5)20-18-40(46(3,4)42(47)19-21-49(43,48)7)37-15-22-50(34-52,23-16-37)45(56)59-33-36-11-9-8-10-12-36/h8-12,15,18,38-39,41-44,53,55H,1,13-14,16-17,19-34H2,2-7H3/t38?,39-,41+,42-,43+,44+,47-,48+,49+,50?,51-/m0/s1. The van der Waals surface area contributed by atoms with Crippen molar-refractivity contribution in [1.82, 2.24) is 10.2 Å². The van der Waals surface area contributed by atoms with E-state index < -0.39 is 34.0 Å². The number of esters is 1. The van der Waals surface area contributed by atoms with Crippen LogP contribution in [0.15, 0.2) is 65.8 Å². The maximum absolute atomic E-state index is 14.8. The van der Waals surface area contributed by atoms with Crippen LogP contribution in [-0.4, -0.2) is 80.4 Å². The second-order valence-corrected chi connectivity index (χ2v) is 24.6. The first-order valence-electron chi connectivity index (χ1n) is 23.5. The summed E-state index contributed by atoms with van der Waals surface area (Å²) < 4.78 is 44.5. The summed E-state index contributed by atoms with van der Waals surface area (Å²) in [5.41, 5.74) is 4.37. The van der Waals surface area contributed by atoms with Crippen LogP contribution in [-0.2, 0) is 26.0 Å². The molecule has 1 heterocycles. The Morgan fingerprint density at radius 1 is 0.933 bits per heavy atom. The van der Waals surface area contributed by atoms with Crippen molar-refractivity contribution < 1.29 is 27.4 Å². The summed E-state index contributed by atoms with van der Waals surface area (Å²) in [5.74, 6) is 2.65. The van der Waals surface area contributed by atoms with Gasteiger partial charge in [0.2, 0.25) is 0 Å². The number of benzene rings is 1. The highest BCUT2D eigenvalue weighted by molar-refractivity contribution is 7.91. The quantitative estimate of drug-likeness (QED) is 0.169. The molecule has 9 heteroatoms. The first-order chi connectivity index (χ1) is 28.3. The molecule has 0 radical (unpaired) electrons. The zero-order valence-electron chi connectivity index (χ0n) is 37.7. The van der Waals surface area contributed by atoms with Crippen molar-refractivity contribution in [1.29, 1.82) is 0 Å². The zero-order chi connectivity index (χ0) is 42.9. The number of fused-ring (bicyclic) bond motifs is 7. The lowest BCUT2D eigenvalue weighted by atomic mass is 9.33. The van der Waals surface area contributed by atoms with Gasteiger partial charge in [-0.1, -0.05) is 89.3 Å². The van der Waals surface area contributed by atoms with Crippen molar-refractivity contribution in [2.24, 2.45) is 56.7 Å². The van der Waals surface area contributed by atoms with E-state index in [1.54, 1.807) is 0 Å². The topological polar surface area (TPSA) is 95.9 Å². The number of sulfone groups is 1. The van der Waals surface area contributed by atoms with Crippen LogP contribution in [0, 0.1) is 56.7 Å². The van der Waals surface area contributed by atoms with Gasteiger partial charge in [-0.2, -0.15) is 0 Å². The third kappa shape index (κ3) is 7.33. The van der Waals surface area contributed by atoms with E-state index in [1.165, 1.54) is 48.8 Å². The van der Waals surface area contributed by atoms with Crippen LogP contribution in [0.1, 0.15) is 124 Å². The highest BCUT2D eigenvalue weighted by Gasteiger charge is 2.70. The molecule has 0 spiro atoms. The average molecular weight is 847 g/mol. The Balaban J connectivity index is 0.988. The molecule has 1 aromatic rings. The molecule has 11 atom stereocenters. The number of β-amino-alcohol motifs (C(OH)–C–C–N with tert-alkyl or cyclic N) is 1. The molecule has 60 heavy (non-hydrogen) atoms. The molecule has 7 aliphatic rings. The predicted molar refractivity (Wildman–Crippen MR) is 238 cm³/mol. The van der Waals surface area contributed by atoms with Gasteiger partial charge in [-0.3, -0.25) is 9.69 Å². The Morgan fingerprint density at radius 3 is 2.33 bits per heavy atom. The van der Waals surface area contributed by atoms with Gasteiger partial charge in [-0.25, -0.2) is 12.8 Å². The summed E-state index contributed by atoms with van der Waals surface area (Å²) >= 11 is 0. The van der Waals surface area contributed by atoms with Gasteiger partial charge in [0, 0.05) is 31.7 Å². The Bertz CT molecular complexity index is 1970. The number of alkyl halides is 1. The fraction of sp³-hybridized carbons (Fsp3) is 0.745. The molecule has 1 aromatic carbocycles. The summed E-state index contributed by atoms with van der Waals surface area (Å²) in [4.78, 5) is 15.5. The number of nitrogens with zero attached hydrogens (tertiary/aromatic N) is 1. The van der Waals surface area contributed by atoms with E-state index in [0.717, 1.165) is 31.2 Å². The number of hydrogen-bond donors (Lipinski definition) is 2. The number of hydrogen-bond acceptors (Lipinski definition) is 7. The van der Waals surface area contributed by atoms with E-state index in [-0.39, 0.29) is 45.3 Å². The molecular formula is C51H75FN2O5S. The Kier molecular flexibility index (Phi) is 11.8. The molecule has 5 fully saturated rings. The molecule has 2 N–H and O–H groups in total. The molecule has 1 aliphatic heterocycles. The van der Waals surface area contributed by atoms with Gasteiger partial charge >= 0.3 is 5.97 Å². The molecule has 4 saturated carbocycles. The van der Waals surface area contributed by atoms with E-state index in [4.69, 9.17) is 4.74 Å². The van der Waals surface area contributed by atoms with Crippen molar-refractivity contribution in [3.8, 4) is 0 Å². The fourth-order valence-corrected chi connectivity index (χ4v) is 16.9. The molecule has 0 amide bonds. The van der Waals surface area contributed by atoms with Crippen molar-refractivity contribution in [2.75, 3.05) is 44.4 Å². The van der Waals surface area contributed by atoms with Gasteiger partial charge in [0.05, 0.1) is 23.0 Å². The van der Waals surface area contributed by atoms with Crippen LogP contribution in [0.2, 0.25) is 0 Å². The minimum Gasteiger partial charge on any atom is -0.460 e. The van der Waals surface area contributed by atoms with Gasteiger partial charge < -0.3 is 15.2 Å². The number of ether oxygens (including phenoxy) is 1. The predicted octanol–water partition coefficient (Wildman–Crippen LogP) is 9.42. The molecule has 0 aromatic heterocycles. The third-order valence-corrected chi connectivity index (χ3v) is 20.7. The molecule has 332 valence electrons. The number of nitrogens with one attached hydrogen (secondary N) is 1. The second kappa shape index (κ2) is 16.0. The first-order valence-corrected chi connectivity index (χ1v) is 25.3. The lowest BCUT2D eigenvalue weighted by molar-refractivity contribution is -0.221. The monoisotopic (exact) mass is 847 g/mol. The first kappa shape index (κ1) is 44.3. The normalized spacial score (nSPS) is 41.4. The van der Waals surface area contributed by atoms with Crippen LogP contribution in [0.5, 0.6) is 0 Å². The van der Waals surface area contributed by atoms with Crippen LogP contribution in [0.4, 0.5) is 4.39 Å². The highest BCUT2D eigenvalue weighted by atomic mass is 32.2. The summed E-state index contributed by atoms with van der Waals surface area (Å²) in [6.07, 6.45) is 16.3.